The van der Waals surface area contributed by atoms with Crippen molar-refractivity contribution >= 4 is 16.8 Å². The van der Waals surface area contributed by atoms with Gasteiger partial charge in [-0.05, 0) is 42.7 Å². The van der Waals surface area contributed by atoms with Gasteiger partial charge in [-0.1, -0.05) is 23.4 Å². The molecule has 0 N–H and O–H groups in total. The van der Waals surface area contributed by atoms with E-state index >= 15 is 0 Å². The molecule has 1 heterocycles. The Morgan fingerprint density at radius 3 is 2.72 bits per heavy atom. The van der Waals surface area contributed by atoms with Crippen LogP contribution in [-0.4, -0.2) is 45.6 Å². The number of halogens is 2. The number of carbonyl (C=O) groups is 1. The SMILES string of the molecule is COc1cc(CN(C(=O)CCn2nnc3ccccc3c2=O)C2CC2)ccc1OC(F)F. The zero-order chi connectivity index (χ0) is 22.7. The number of carbonyl (C=O) groups excluding carboxylic acids is 1. The molecule has 3 aromatic rings. The maximum Gasteiger partial charge on any atom is 0.387 e. The third-order valence-corrected chi connectivity index (χ3v) is 5.27. The molecule has 0 aliphatic heterocycles. The number of amides is 1. The minimum absolute atomic E-state index is 0.0650. The fourth-order valence-electron chi connectivity index (χ4n) is 3.52. The summed E-state index contributed by atoms with van der Waals surface area (Å²) >= 11 is 0. The first-order chi connectivity index (χ1) is 15.5. The lowest BCUT2D eigenvalue weighted by molar-refractivity contribution is -0.132. The standard InChI is InChI=1S/C22H22F2N4O4/c1-31-19-12-14(6-9-18(19)32-22(23)24)13-27(15-7-8-15)20(29)10-11-28-21(30)16-4-2-3-5-17(16)25-26-28/h2-6,9,12,15,22H,7-8,10-11,13H2,1H3. The molecule has 10 heteroatoms. The average molecular weight is 444 g/mol. The molecule has 4 rings (SSSR count). The first-order valence-corrected chi connectivity index (χ1v) is 10.2. The third kappa shape index (κ3) is 4.84. The second-order valence-electron chi connectivity index (χ2n) is 7.50. The second kappa shape index (κ2) is 9.29. The van der Waals surface area contributed by atoms with Crippen LogP contribution in [0, 0.1) is 0 Å². The van der Waals surface area contributed by atoms with E-state index < -0.39 is 6.61 Å². The Morgan fingerprint density at radius 2 is 2.00 bits per heavy atom. The van der Waals surface area contributed by atoms with Crippen LogP contribution in [0.15, 0.2) is 47.3 Å². The Kier molecular flexibility index (Phi) is 6.29. The van der Waals surface area contributed by atoms with Crippen molar-refractivity contribution in [1.82, 2.24) is 19.9 Å². The summed E-state index contributed by atoms with van der Waals surface area (Å²) < 4.78 is 35.9. The number of benzene rings is 2. The Bertz CT molecular complexity index is 1180. The molecule has 0 unspecified atom stereocenters. The second-order valence-corrected chi connectivity index (χ2v) is 7.50. The van der Waals surface area contributed by atoms with E-state index in [1.165, 1.54) is 17.9 Å². The lowest BCUT2D eigenvalue weighted by Gasteiger charge is -2.23. The molecule has 0 radical (unpaired) electrons. The summed E-state index contributed by atoms with van der Waals surface area (Å²) in [5.74, 6) is -0.0185. The molecule has 1 fully saturated rings. The largest absolute Gasteiger partial charge is 0.493 e. The van der Waals surface area contributed by atoms with Crippen molar-refractivity contribution in [2.75, 3.05) is 7.11 Å². The predicted octanol–water partition coefficient (Wildman–Crippen LogP) is 2.98. The van der Waals surface area contributed by atoms with Gasteiger partial charge in [0.2, 0.25) is 5.91 Å². The molecule has 0 bridgehead atoms. The summed E-state index contributed by atoms with van der Waals surface area (Å²) in [7, 11) is 1.36. The van der Waals surface area contributed by atoms with Crippen LogP contribution >= 0.6 is 0 Å². The molecular formula is C22H22F2N4O4. The first-order valence-electron chi connectivity index (χ1n) is 10.2. The van der Waals surface area contributed by atoms with E-state index in [4.69, 9.17) is 4.74 Å². The molecule has 0 saturated heterocycles. The number of fused-ring (bicyclic) bond motifs is 1. The van der Waals surface area contributed by atoms with E-state index in [2.05, 4.69) is 15.0 Å². The smallest absolute Gasteiger partial charge is 0.387 e. The highest BCUT2D eigenvalue weighted by Crippen LogP contribution is 2.33. The van der Waals surface area contributed by atoms with Crippen LogP contribution in [0.4, 0.5) is 8.78 Å². The third-order valence-electron chi connectivity index (χ3n) is 5.27. The normalized spacial score (nSPS) is 13.4. The minimum atomic E-state index is -2.96. The lowest BCUT2D eigenvalue weighted by Crippen LogP contribution is -2.34. The number of aryl methyl sites for hydroxylation is 1. The van der Waals surface area contributed by atoms with Crippen LogP contribution in [0.1, 0.15) is 24.8 Å². The van der Waals surface area contributed by atoms with Crippen molar-refractivity contribution in [3.8, 4) is 11.5 Å². The van der Waals surface area contributed by atoms with Gasteiger partial charge in [-0.2, -0.15) is 8.78 Å². The van der Waals surface area contributed by atoms with Crippen molar-refractivity contribution in [3.63, 3.8) is 0 Å². The summed E-state index contributed by atoms with van der Waals surface area (Å²) in [5.41, 5.74) is 0.944. The molecule has 1 aliphatic carbocycles. The van der Waals surface area contributed by atoms with Crippen LogP contribution in [0.2, 0.25) is 0 Å². The molecule has 1 saturated carbocycles. The van der Waals surface area contributed by atoms with Gasteiger partial charge in [-0.25, -0.2) is 4.68 Å². The Morgan fingerprint density at radius 1 is 1.22 bits per heavy atom. The van der Waals surface area contributed by atoms with E-state index in [0.717, 1.165) is 18.4 Å². The maximum absolute atomic E-state index is 13.0. The predicted molar refractivity (Wildman–Crippen MR) is 112 cm³/mol. The molecule has 2 aromatic carbocycles. The van der Waals surface area contributed by atoms with Gasteiger partial charge in [-0.15, -0.1) is 5.10 Å². The Labute approximate surface area is 182 Å². The number of hydrogen-bond acceptors (Lipinski definition) is 6. The van der Waals surface area contributed by atoms with Crippen LogP contribution < -0.4 is 15.0 Å². The Hall–Kier alpha value is -3.56. The summed E-state index contributed by atoms with van der Waals surface area (Å²) in [6, 6.07) is 11.6. The average Bonchev–Trinajstić information content (AvgIpc) is 3.62. The van der Waals surface area contributed by atoms with Crippen molar-refractivity contribution in [2.24, 2.45) is 0 Å². The van der Waals surface area contributed by atoms with E-state index in [1.54, 1.807) is 41.3 Å². The molecule has 1 aromatic heterocycles. The number of nitrogens with zero attached hydrogens (tertiary/aromatic N) is 4. The molecule has 1 aliphatic rings. The molecule has 168 valence electrons. The summed E-state index contributed by atoms with van der Waals surface area (Å²) in [6.45, 7) is -2.54. The lowest BCUT2D eigenvalue weighted by atomic mass is 10.1. The van der Waals surface area contributed by atoms with Gasteiger partial charge in [0.05, 0.1) is 19.0 Å². The van der Waals surface area contributed by atoms with E-state index in [1.807, 2.05) is 0 Å². The number of hydrogen-bond donors (Lipinski definition) is 0. The van der Waals surface area contributed by atoms with E-state index in [9.17, 15) is 18.4 Å². The Balaban J connectivity index is 1.46. The van der Waals surface area contributed by atoms with Gasteiger partial charge in [0.15, 0.2) is 11.5 Å². The van der Waals surface area contributed by atoms with Crippen LogP contribution in [0.3, 0.4) is 0 Å². The van der Waals surface area contributed by atoms with Gasteiger partial charge in [0, 0.05) is 19.0 Å². The summed E-state index contributed by atoms with van der Waals surface area (Å²) in [4.78, 5) is 27.3. The number of methoxy groups -OCH3 is 1. The quantitative estimate of drug-likeness (QED) is 0.504. The van der Waals surface area contributed by atoms with E-state index in [-0.39, 0.29) is 42.0 Å². The summed E-state index contributed by atoms with van der Waals surface area (Å²) in [5, 5.41) is 8.42. The van der Waals surface area contributed by atoms with Crippen molar-refractivity contribution in [1.29, 1.82) is 0 Å². The van der Waals surface area contributed by atoms with Crippen molar-refractivity contribution in [3.05, 3.63) is 58.4 Å². The number of aromatic nitrogens is 3. The molecular weight excluding hydrogens is 422 g/mol. The van der Waals surface area contributed by atoms with Gasteiger partial charge in [0.25, 0.3) is 5.56 Å². The highest BCUT2D eigenvalue weighted by atomic mass is 19.3. The molecule has 1 amide bonds. The fraction of sp³-hybridized carbons (Fsp3) is 0.364. The molecule has 8 nitrogen and oxygen atoms in total. The fourth-order valence-corrected chi connectivity index (χ4v) is 3.52. The minimum Gasteiger partial charge on any atom is -0.493 e. The van der Waals surface area contributed by atoms with Gasteiger partial charge in [-0.3, -0.25) is 9.59 Å². The van der Waals surface area contributed by atoms with Crippen LogP contribution in [0.5, 0.6) is 11.5 Å². The van der Waals surface area contributed by atoms with Crippen LogP contribution in [0.25, 0.3) is 10.9 Å². The summed E-state index contributed by atoms with van der Waals surface area (Å²) in [6.07, 6.45) is 1.88. The van der Waals surface area contributed by atoms with Crippen LogP contribution in [-0.2, 0) is 17.9 Å². The highest BCUT2D eigenvalue weighted by Gasteiger charge is 2.32. The van der Waals surface area contributed by atoms with Crippen molar-refractivity contribution in [2.45, 2.75) is 45.0 Å². The monoisotopic (exact) mass is 444 g/mol. The van der Waals surface area contributed by atoms with E-state index in [0.29, 0.717) is 17.4 Å². The zero-order valence-electron chi connectivity index (χ0n) is 17.4. The van der Waals surface area contributed by atoms with Gasteiger partial charge >= 0.3 is 6.61 Å². The topological polar surface area (TPSA) is 86.5 Å². The highest BCUT2D eigenvalue weighted by molar-refractivity contribution is 5.77. The molecule has 0 atom stereocenters. The molecule has 32 heavy (non-hydrogen) atoms. The first kappa shape index (κ1) is 21.7. The number of alkyl halides is 2. The molecule has 0 spiro atoms. The van der Waals surface area contributed by atoms with Crippen molar-refractivity contribution < 1.29 is 23.0 Å². The van der Waals surface area contributed by atoms with Gasteiger partial charge in [0.1, 0.15) is 5.52 Å². The number of ether oxygens (including phenoxy) is 2. The van der Waals surface area contributed by atoms with Gasteiger partial charge < -0.3 is 14.4 Å². The number of rotatable bonds is 9. The maximum atomic E-state index is 13.0. The zero-order valence-corrected chi connectivity index (χ0v) is 17.4.